The monoisotopic (exact) mass is 300 g/mol. The van der Waals surface area contributed by atoms with E-state index >= 15 is 0 Å². The summed E-state index contributed by atoms with van der Waals surface area (Å²) in [7, 11) is 0. The van der Waals surface area contributed by atoms with Crippen LogP contribution in [0.15, 0.2) is 42.5 Å². The second-order valence-electron chi connectivity index (χ2n) is 5.00. The Morgan fingerprint density at radius 2 is 1.59 bits per heavy atom. The Morgan fingerprint density at radius 1 is 0.909 bits per heavy atom. The molecular formula is C18H20O4. The van der Waals surface area contributed by atoms with Crippen molar-refractivity contribution in [3.05, 3.63) is 42.5 Å². The first kappa shape index (κ1) is 16.0. The Morgan fingerprint density at radius 3 is 2.32 bits per heavy atom. The second-order valence-corrected chi connectivity index (χ2v) is 5.00. The van der Waals surface area contributed by atoms with Crippen molar-refractivity contribution in [1.82, 2.24) is 0 Å². The first-order valence-corrected chi connectivity index (χ1v) is 7.54. The van der Waals surface area contributed by atoms with Crippen molar-refractivity contribution in [2.24, 2.45) is 0 Å². The highest BCUT2D eigenvalue weighted by molar-refractivity contribution is 5.84. The number of carbonyl (C=O) groups is 2. The zero-order chi connectivity index (χ0) is 15.8. The van der Waals surface area contributed by atoms with E-state index in [1.165, 1.54) is 0 Å². The predicted octanol–water partition coefficient (Wildman–Crippen LogP) is 3.87. The molecule has 2 rings (SSSR count). The molecule has 2 aromatic rings. The first-order chi connectivity index (χ1) is 10.7. The van der Waals surface area contributed by atoms with Crippen LogP contribution >= 0.6 is 0 Å². The number of hydrogen-bond acceptors (Lipinski definition) is 4. The number of fused-ring (bicyclic) bond motifs is 1. The molecule has 0 saturated heterocycles. The van der Waals surface area contributed by atoms with E-state index in [0.29, 0.717) is 38.0 Å². The van der Waals surface area contributed by atoms with Crippen LogP contribution in [0, 0.1) is 0 Å². The first-order valence-electron chi connectivity index (χ1n) is 7.54. The third-order valence-electron chi connectivity index (χ3n) is 3.27. The molecule has 0 radical (unpaired) electrons. The van der Waals surface area contributed by atoms with Crippen molar-refractivity contribution < 1.29 is 19.1 Å². The minimum Gasteiger partial charge on any atom is -0.466 e. The maximum atomic E-state index is 11.8. The third-order valence-corrected chi connectivity index (χ3v) is 3.27. The number of carbonyl (C=O) groups excluding carboxylic acids is 2. The minimum atomic E-state index is -0.279. The summed E-state index contributed by atoms with van der Waals surface area (Å²) in [6, 6.07) is 13.5. The molecule has 0 aliphatic heterocycles. The number of rotatable bonds is 7. The Labute approximate surface area is 130 Å². The normalized spacial score (nSPS) is 10.4. The molecule has 0 fully saturated rings. The van der Waals surface area contributed by atoms with Crippen LogP contribution in [-0.4, -0.2) is 18.5 Å². The number of hydrogen-bond donors (Lipinski definition) is 0. The van der Waals surface area contributed by atoms with Gasteiger partial charge in [-0.2, -0.15) is 0 Å². The molecule has 4 heteroatoms. The molecule has 0 spiro atoms. The van der Waals surface area contributed by atoms with E-state index in [1.54, 1.807) is 13.0 Å². The van der Waals surface area contributed by atoms with E-state index in [0.717, 1.165) is 10.8 Å². The van der Waals surface area contributed by atoms with Gasteiger partial charge in [0, 0.05) is 12.8 Å². The molecule has 0 unspecified atom stereocenters. The molecule has 0 aromatic heterocycles. The number of ether oxygens (including phenoxy) is 2. The molecule has 0 amide bonds. The maximum absolute atomic E-state index is 11.8. The van der Waals surface area contributed by atoms with Crippen molar-refractivity contribution in [3.63, 3.8) is 0 Å². The molecule has 0 atom stereocenters. The average molecular weight is 300 g/mol. The van der Waals surface area contributed by atoms with Crippen LogP contribution in [0.4, 0.5) is 0 Å². The molecule has 0 aliphatic rings. The van der Waals surface area contributed by atoms with E-state index in [9.17, 15) is 9.59 Å². The van der Waals surface area contributed by atoms with Gasteiger partial charge < -0.3 is 9.47 Å². The van der Waals surface area contributed by atoms with Crippen molar-refractivity contribution in [2.45, 2.75) is 32.6 Å². The van der Waals surface area contributed by atoms with Gasteiger partial charge in [0.15, 0.2) is 0 Å². The van der Waals surface area contributed by atoms with Gasteiger partial charge in [0.1, 0.15) is 5.75 Å². The maximum Gasteiger partial charge on any atom is 0.311 e. The molecule has 0 heterocycles. The fourth-order valence-corrected chi connectivity index (χ4v) is 2.19. The zero-order valence-electron chi connectivity index (χ0n) is 12.7. The van der Waals surface area contributed by atoms with E-state index in [2.05, 4.69) is 0 Å². The van der Waals surface area contributed by atoms with Crippen molar-refractivity contribution in [2.75, 3.05) is 6.61 Å². The molecule has 0 bridgehead atoms. The molecule has 0 saturated carbocycles. The fourth-order valence-electron chi connectivity index (χ4n) is 2.19. The van der Waals surface area contributed by atoms with E-state index in [1.807, 2.05) is 36.4 Å². The molecule has 22 heavy (non-hydrogen) atoms. The Hall–Kier alpha value is -2.36. The third kappa shape index (κ3) is 4.88. The topological polar surface area (TPSA) is 52.6 Å². The Kier molecular flexibility index (Phi) is 5.95. The summed E-state index contributed by atoms with van der Waals surface area (Å²) in [6.45, 7) is 2.17. The summed E-state index contributed by atoms with van der Waals surface area (Å²) in [4.78, 5) is 22.9. The quantitative estimate of drug-likeness (QED) is 0.442. The molecular weight excluding hydrogens is 280 g/mol. The Bertz CT molecular complexity index is 648. The van der Waals surface area contributed by atoms with Gasteiger partial charge >= 0.3 is 11.9 Å². The molecule has 0 N–H and O–H groups in total. The lowest BCUT2D eigenvalue weighted by Gasteiger charge is -2.06. The summed E-state index contributed by atoms with van der Waals surface area (Å²) in [5, 5.41) is 2.15. The summed E-state index contributed by atoms with van der Waals surface area (Å²) in [6.07, 6.45) is 1.89. The number of benzene rings is 2. The van der Waals surface area contributed by atoms with E-state index in [4.69, 9.17) is 9.47 Å². The number of unbranched alkanes of at least 4 members (excludes halogenated alkanes) is 1. The van der Waals surface area contributed by atoms with Gasteiger partial charge in [-0.1, -0.05) is 30.3 Å². The molecule has 116 valence electrons. The van der Waals surface area contributed by atoms with Crippen molar-refractivity contribution in [3.8, 4) is 5.75 Å². The average Bonchev–Trinajstić information content (AvgIpc) is 2.52. The smallest absolute Gasteiger partial charge is 0.311 e. The summed E-state index contributed by atoms with van der Waals surface area (Å²) >= 11 is 0. The van der Waals surface area contributed by atoms with Crippen LogP contribution in [0.2, 0.25) is 0 Å². The van der Waals surface area contributed by atoms with Crippen LogP contribution in [0.3, 0.4) is 0 Å². The molecule has 4 nitrogen and oxygen atoms in total. The highest BCUT2D eigenvalue weighted by atomic mass is 16.5. The Balaban J connectivity index is 1.77. The van der Waals surface area contributed by atoms with Crippen molar-refractivity contribution >= 4 is 22.7 Å². The largest absolute Gasteiger partial charge is 0.466 e. The van der Waals surface area contributed by atoms with Gasteiger partial charge in [0.2, 0.25) is 0 Å². The van der Waals surface area contributed by atoms with Gasteiger partial charge in [-0.3, -0.25) is 9.59 Å². The standard InChI is InChI=1S/C18H20O4/c1-2-21-17(19)9-5-6-10-18(20)22-16-12-11-14-7-3-4-8-15(14)13-16/h3-4,7-8,11-13H,2,5-6,9-10H2,1H3. The predicted molar refractivity (Wildman–Crippen MR) is 84.7 cm³/mol. The van der Waals surface area contributed by atoms with E-state index < -0.39 is 0 Å². The van der Waals surface area contributed by atoms with Gasteiger partial charge in [-0.15, -0.1) is 0 Å². The van der Waals surface area contributed by atoms with Gasteiger partial charge in [0.25, 0.3) is 0 Å². The van der Waals surface area contributed by atoms with E-state index in [-0.39, 0.29) is 11.9 Å². The number of esters is 2. The second kappa shape index (κ2) is 8.17. The van der Waals surface area contributed by atoms with Crippen LogP contribution < -0.4 is 4.74 Å². The van der Waals surface area contributed by atoms with Crippen LogP contribution in [0.5, 0.6) is 5.75 Å². The SMILES string of the molecule is CCOC(=O)CCCCC(=O)Oc1ccc2ccccc2c1. The van der Waals surface area contributed by atoms with Gasteiger partial charge in [-0.25, -0.2) is 0 Å². The molecule has 2 aromatic carbocycles. The van der Waals surface area contributed by atoms with Crippen molar-refractivity contribution in [1.29, 1.82) is 0 Å². The highest BCUT2D eigenvalue weighted by Crippen LogP contribution is 2.21. The van der Waals surface area contributed by atoms with Gasteiger partial charge in [-0.05, 0) is 42.7 Å². The lowest BCUT2D eigenvalue weighted by Crippen LogP contribution is -2.08. The lowest BCUT2D eigenvalue weighted by atomic mass is 10.1. The zero-order valence-corrected chi connectivity index (χ0v) is 12.7. The highest BCUT2D eigenvalue weighted by Gasteiger charge is 2.07. The minimum absolute atomic E-state index is 0.217. The van der Waals surface area contributed by atoms with Crippen LogP contribution in [-0.2, 0) is 14.3 Å². The van der Waals surface area contributed by atoms with Crippen LogP contribution in [0.25, 0.3) is 10.8 Å². The summed E-state index contributed by atoms with van der Waals surface area (Å²) < 4.78 is 10.2. The fraction of sp³-hybridized carbons (Fsp3) is 0.333. The summed E-state index contributed by atoms with van der Waals surface area (Å²) in [5.41, 5.74) is 0. The van der Waals surface area contributed by atoms with Crippen LogP contribution in [0.1, 0.15) is 32.6 Å². The lowest BCUT2D eigenvalue weighted by molar-refractivity contribution is -0.143. The summed E-state index contributed by atoms with van der Waals surface area (Å²) in [5.74, 6) is 0.0543. The van der Waals surface area contributed by atoms with Gasteiger partial charge in [0.05, 0.1) is 6.61 Å². The molecule has 0 aliphatic carbocycles.